The highest BCUT2D eigenvalue weighted by atomic mass is 15.2. The Bertz CT molecular complexity index is 393. The first kappa shape index (κ1) is 13.1. The second-order valence-corrected chi connectivity index (χ2v) is 5.28. The third kappa shape index (κ3) is 3.34. The Morgan fingerprint density at radius 3 is 2.83 bits per heavy atom. The Kier molecular flexibility index (Phi) is 4.78. The van der Waals surface area contributed by atoms with Crippen LogP contribution in [0.1, 0.15) is 31.7 Å². The highest BCUT2D eigenvalue weighted by Crippen LogP contribution is 2.26. The minimum Gasteiger partial charge on any atom is -0.300 e. The van der Waals surface area contributed by atoms with Crippen molar-refractivity contribution in [2.24, 2.45) is 5.92 Å². The van der Waals surface area contributed by atoms with Crippen LogP contribution in [0, 0.1) is 17.2 Å². The van der Waals surface area contributed by atoms with Crippen molar-refractivity contribution in [2.45, 2.75) is 38.6 Å². The van der Waals surface area contributed by atoms with Gasteiger partial charge in [0.15, 0.2) is 0 Å². The molecule has 0 saturated carbocycles. The number of nitriles is 1. The second kappa shape index (κ2) is 6.56. The predicted octanol–water partition coefficient (Wildman–Crippen LogP) is 3.24. The van der Waals surface area contributed by atoms with E-state index in [-0.39, 0.29) is 0 Å². The number of likely N-dealkylation sites (tertiary alicyclic amines) is 1. The van der Waals surface area contributed by atoms with Crippen LogP contribution in [0.2, 0.25) is 0 Å². The third-order valence-electron chi connectivity index (χ3n) is 4.15. The Morgan fingerprint density at radius 1 is 1.33 bits per heavy atom. The Balaban J connectivity index is 1.73. The van der Waals surface area contributed by atoms with Crippen molar-refractivity contribution < 1.29 is 0 Å². The van der Waals surface area contributed by atoms with E-state index in [0.29, 0.717) is 12.0 Å². The molecule has 18 heavy (non-hydrogen) atoms. The Labute approximate surface area is 110 Å². The molecule has 2 heteroatoms. The van der Waals surface area contributed by atoms with Gasteiger partial charge in [-0.1, -0.05) is 30.3 Å². The van der Waals surface area contributed by atoms with Gasteiger partial charge in [0.2, 0.25) is 0 Å². The van der Waals surface area contributed by atoms with E-state index >= 15 is 0 Å². The summed E-state index contributed by atoms with van der Waals surface area (Å²) in [6.45, 7) is 4.61. The van der Waals surface area contributed by atoms with E-state index in [1.54, 1.807) is 0 Å². The lowest BCUT2D eigenvalue weighted by atomic mass is 9.99. The van der Waals surface area contributed by atoms with Gasteiger partial charge in [0.05, 0.1) is 6.07 Å². The van der Waals surface area contributed by atoms with Gasteiger partial charge in [-0.2, -0.15) is 5.26 Å². The molecule has 2 unspecified atom stereocenters. The molecular weight excluding hydrogens is 220 g/mol. The van der Waals surface area contributed by atoms with Crippen molar-refractivity contribution in [2.75, 3.05) is 13.1 Å². The lowest BCUT2D eigenvalue weighted by molar-refractivity contribution is 0.240. The van der Waals surface area contributed by atoms with Crippen LogP contribution in [0.5, 0.6) is 0 Å². The largest absolute Gasteiger partial charge is 0.300 e. The van der Waals surface area contributed by atoms with Crippen molar-refractivity contribution in [3.8, 4) is 6.07 Å². The molecule has 1 fully saturated rings. The first-order valence-corrected chi connectivity index (χ1v) is 6.96. The molecule has 0 radical (unpaired) electrons. The van der Waals surface area contributed by atoms with Crippen LogP contribution in [-0.4, -0.2) is 24.0 Å². The van der Waals surface area contributed by atoms with Gasteiger partial charge in [-0.15, -0.1) is 0 Å². The summed E-state index contributed by atoms with van der Waals surface area (Å²) in [4.78, 5) is 2.55. The molecule has 1 aromatic carbocycles. The van der Waals surface area contributed by atoms with Gasteiger partial charge < -0.3 is 4.90 Å². The maximum Gasteiger partial charge on any atom is 0.0625 e. The van der Waals surface area contributed by atoms with Crippen molar-refractivity contribution in [3.05, 3.63) is 35.9 Å². The summed E-state index contributed by atoms with van der Waals surface area (Å²) >= 11 is 0. The number of rotatable bonds is 5. The monoisotopic (exact) mass is 242 g/mol. The zero-order chi connectivity index (χ0) is 12.8. The molecular formula is C16H22N2. The number of hydrogen-bond acceptors (Lipinski definition) is 2. The second-order valence-electron chi connectivity index (χ2n) is 5.28. The van der Waals surface area contributed by atoms with Crippen LogP contribution in [-0.2, 0) is 6.42 Å². The maximum absolute atomic E-state index is 8.79. The van der Waals surface area contributed by atoms with Crippen LogP contribution in [0.25, 0.3) is 0 Å². The van der Waals surface area contributed by atoms with Gasteiger partial charge >= 0.3 is 0 Å². The predicted molar refractivity (Wildman–Crippen MR) is 74.1 cm³/mol. The summed E-state index contributed by atoms with van der Waals surface area (Å²) < 4.78 is 0. The van der Waals surface area contributed by atoms with E-state index in [1.165, 1.54) is 24.9 Å². The zero-order valence-corrected chi connectivity index (χ0v) is 11.2. The number of benzene rings is 1. The molecule has 96 valence electrons. The fraction of sp³-hybridized carbons (Fsp3) is 0.562. The maximum atomic E-state index is 8.79. The SMILES string of the molecule is CC1C(CC#N)CCN1CCCc1ccccc1. The first-order valence-electron chi connectivity index (χ1n) is 6.96. The van der Waals surface area contributed by atoms with E-state index in [2.05, 4.69) is 48.2 Å². The van der Waals surface area contributed by atoms with E-state index in [4.69, 9.17) is 5.26 Å². The van der Waals surface area contributed by atoms with E-state index in [0.717, 1.165) is 19.4 Å². The molecule has 2 nitrogen and oxygen atoms in total. The van der Waals surface area contributed by atoms with Crippen molar-refractivity contribution in [1.29, 1.82) is 5.26 Å². The smallest absolute Gasteiger partial charge is 0.0625 e. The number of nitrogens with zero attached hydrogens (tertiary/aromatic N) is 2. The van der Waals surface area contributed by atoms with Crippen LogP contribution in [0.3, 0.4) is 0 Å². The molecule has 0 amide bonds. The first-order chi connectivity index (χ1) is 8.81. The summed E-state index contributed by atoms with van der Waals surface area (Å²) in [5.41, 5.74) is 1.43. The van der Waals surface area contributed by atoms with Gasteiger partial charge in [0.1, 0.15) is 0 Å². The molecule has 2 atom stereocenters. The average molecular weight is 242 g/mol. The fourth-order valence-corrected chi connectivity index (χ4v) is 2.91. The lowest BCUT2D eigenvalue weighted by Gasteiger charge is -2.23. The van der Waals surface area contributed by atoms with E-state index < -0.39 is 0 Å². The molecule has 1 heterocycles. The van der Waals surface area contributed by atoms with Crippen molar-refractivity contribution in [1.82, 2.24) is 4.90 Å². The molecule has 0 aromatic heterocycles. The van der Waals surface area contributed by atoms with E-state index in [1.807, 2.05) is 0 Å². The highest BCUT2D eigenvalue weighted by molar-refractivity contribution is 5.14. The molecule has 1 aliphatic rings. The molecule has 1 aliphatic heterocycles. The summed E-state index contributed by atoms with van der Waals surface area (Å²) in [5, 5.41) is 8.79. The van der Waals surface area contributed by atoms with E-state index in [9.17, 15) is 0 Å². The quantitative estimate of drug-likeness (QED) is 0.792. The topological polar surface area (TPSA) is 27.0 Å². The molecule has 0 N–H and O–H groups in total. The van der Waals surface area contributed by atoms with Crippen molar-refractivity contribution in [3.63, 3.8) is 0 Å². The summed E-state index contributed by atoms with van der Waals surface area (Å²) in [6.07, 6.45) is 4.29. The molecule has 0 aliphatic carbocycles. The lowest BCUT2D eigenvalue weighted by Crippen LogP contribution is -2.31. The summed E-state index contributed by atoms with van der Waals surface area (Å²) in [5.74, 6) is 0.590. The Morgan fingerprint density at radius 2 is 2.11 bits per heavy atom. The highest BCUT2D eigenvalue weighted by Gasteiger charge is 2.29. The molecule has 1 aromatic rings. The number of aryl methyl sites for hydroxylation is 1. The zero-order valence-electron chi connectivity index (χ0n) is 11.2. The molecule has 0 bridgehead atoms. The van der Waals surface area contributed by atoms with Gasteiger partial charge in [-0.25, -0.2) is 0 Å². The normalized spacial score (nSPS) is 24.0. The number of hydrogen-bond donors (Lipinski definition) is 0. The minimum absolute atomic E-state index is 0.584. The molecule has 0 spiro atoms. The average Bonchev–Trinajstić information content (AvgIpc) is 2.73. The fourth-order valence-electron chi connectivity index (χ4n) is 2.91. The van der Waals surface area contributed by atoms with Crippen LogP contribution >= 0.6 is 0 Å². The third-order valence-corrected chi connectivity index (χ3v) is 4.15. The summed E-state index contributed by atoms with van der Waals surface area (Å²) in [6, 6.07) is 13.6. The van der Waals surface area contributed by atoms with Gasteiger partial charge in [-0.3, -0.25) is 0 Å². The van der Waals surface area contributed by atoms with Crippen molar-refractivity contribution >= 4 is 0 Å². The standard InChI is InChI=1S/C16H22N2/c1-14-16(9-11-17)10-13-18(14)12-5-8-15-6-3-2-4-7-15/h2-4,6-7,14,16H,5,8-10,12-13H2,1H3. The van der Waals surface area contributed by atoms with Crippen LogP contribution in [0.15, 0.2) is 30.3 Å². The minimum atomic E-state index is 0.584. The molecule has 1 saturated heterocycles. The van der Waals surface area contributed by atoms with Crippen LogP contribution < -0.4 is 0 Å². The van der Waals surface area contributed by atoms with Crippen LogP contribution in [0.4, 0.5) is 0 Å². The molecule has 2 rings (SSSR count). The van der Waals surface area contributed by atoms with Gasteiger partial charge in [0, 0.05) is 12.5 Å². The Hall–Kier alpha value is -1.33. The summed E-state index contributed by atoms with van der Waals surface area (Å²) in [7, 11) is 0. The van der Waals surface area contributed by atoms with Gasteiger partial charge in [-0.05, 0) is 50.8 Å². The van der Waals surface area contributed by atoms with Gasteiger partial charge in [0.25, 0.3) is 0 Å².